The summed E-state index contributed by atoms with van der Waals surface area (Å²) in [7, 11) is 1.65. The molecule has 0 N–H and O–H groups in total. The summed E-state index contributed by atoms with van der Waals surface area (Å²) in [5, 5.41) is 0. The average molecular weight is 393 g/mol. The average Bonchev–Trinajstić information content (AvgIpc) is 2.83. The van der Waals surface area contributed by atoms with Crippen molar-refractivity contribution >= 4 is 11.9 Å². The molecule has 3 nitrogen and oxygen atoms in total. The van der Waals surface area contributed by atoms with Crippen LogP contribution < -0.4 is 9.47 Å². The molecule has 0 saturated carbocycles. The van der Waals surface area contributed by atoms with Gasteiger partial charge in [0.2, 0.25) is 0 Å². The van der Waals surface area contributed by atoms with E-state index in [0.717, 1.165) is 39.4 Å². The monoisotopic (exact) mass is 393 g/mol. The van der Waals surface area contributed by atoms with Gasteiger partial charge < -0.3 is 9.47 Å². The van der Waals surface area contributed by atoms with Crippen LogP contribution >= 0.6 is 0 Å². The van der Waals surface area contributed by atoms with Gasteiger partial charge in [0.15, 0.2) is 0 Å². The molecular formula is C27H23NO2. The van der Waals surface area contributed by atoms with Crippen molar-refractivity contribution in [3.8, 4) is 22.6 Å². The van der Waals surface area contributed by atoms with Crippen molar-refractivity contribution in [2.45, 2.75) is 6.61 Å². The molecule has 0 amide bonds. The zero-order chi connectivity index (χ0) is 20.6. The van der Waals surface area contributed by atoms with Crippen molar-refractivity contribution < 1.29 is 9.47 Å². The fraction of sp³-hybridized carbons (Fsp3) is 0.0741. The van der Waals surface area contributed by atoms with Gasteiger partial charge in [-0.25, -0.2) is 0 Å². The van der Waals surface area contributed by atoms with Gasteiger partial charge in [0.25, 0.3) is 0 Å². The van der Waals surface area contributed by atoms with Crippen molar-refractivity contribution in [2.75, 3.05) is 7.11 Å². The maximum atomic E-state index is 6.33. The van der Waals surface area contributed by atoms with Crippen molar-refractivity contribution in [3.63, 3.8) is 0 Å². The first kappa shape index (κ1) is 19.5. The maximum Gasteiger partial charge on any atom is 0.144 e. The molecule has 4 aromatic rings. The van der Waals surface area contributed by atoms with Gasteiger partial charge in [0.05, 0.1) is 7.11 Å². The molecule has 0 spiro atoms. The fourth-order valence-corrected chi connectivity index (χ4v) is 3.27. The second-order valence-electron chi connectivity index (χ2n) is 6.79. The van der Waals surface area contributed by atoms with Gasteiger partial charge in [0, 0.05) is 17.3 Å². The lowest BCUT2D eigenvalue weighted by Crippen LogP contribution is -2.00. The Morgan fingerprint density at radius 3 is 2.20 bits per heavy atom. The van der Waals surface area contributed by atoms with E-state index in [1.54, 1.807) is 7.11 Å². The van der Waals surface area contributed by atoms with E-state index >= 15 is 0 Å². The first-order valence-corrected chi connectivity index (χ1v) is 9.87. The Bertz CT molecular complexity index is 1120. The highest BCUT2D eigenvalue weighted by molar-refractivity contribution is 5.90. The summed E-state index contributed by atoms with van der Waals surface area (Å²) in [4.78, 5) is 4.67. The van der Waals surface area contributed by atoms with Gasteiger partial charge in [-0.1, -0.05) is 84.9 Å². The number of ether oxygens (including phenoxy) is 2. The predicted octanol–water partition coefficient (Wildman–Crippen LogP) is 6.69. The molecule has 0 aliphatic heterocycles. The fourth-order valence-electron chi connectivity index (χ4n) is 3.27. The van der Waals surface area contributed by atoms with Gasteiger partial charge in [-0.2, -0.15) is 0 Å². The lowest BCUT2D eigenvalue weighted by atomic mass is 10.0. The predicted molar refractivity (Wildman–Crippen MR) is 123 cm³/mol. The summed E-state index contributed by atoms with van der Waals surface area (Å²) in [5.41, 5.74) is 4.95. The molecule has 30 heavy (non-hydrogen) atoms. The summed E-state index contributed by atoms with van der Waals surface area (Å²) in [5.74, 6) is 1.55. The third-order valence-corrected chi connectivity index (χ3v) is 4.78. The zero-order valence-electron chi connectivity index (χ0n) is 16.9. The number of rotatable bonds is 7. The van der Waals surface area contributed by atoms with E-state index < -0.39 is 0 Å². The number of aliphatic imine (C=N–C) groups is 1. The van der Waals surface area contributed by atoms with Crippen LogP contribution in [0, 0.1) is 0 Å². The molecule has 0 radical (unpaired) electrons. The number of nitrogens with zero attached hydrogens (tertiary/aromatic N) is 1. The van der Waals surface area contributed by atoms with Crippen molar-refractivity contribution in [1.29, 1.82) is 0 Å². The number of para-hydroxylation sites is 3. The summed E-state index contributed by atoms with van der Waals surface area (Å²) < 4.78 is 11.7. The molecule has 4 rings (SSSR count). The summed E-state index contributed by atoms with van der Waals surface area (Å²) in [6, 6.07) is 34.3. The SMILES string of the molecule is COc1ccccc1/N=C\c1cccc(-c2ccccc2)c1OCc1ccccc1. The normalized spacial score (nSPS) is 10.8. The van der Waals surface area contributed by atoms with Crippen LogP contribution in [0.5, 0.6) is 11.5 Å². The Labute approximate surface area is 177 Å². The van der Waals surface area contributed by atoms with Crippen molar-refractivity contribution in [1.82, 2.24) is 0 Å². The standard InChI is InChI=1S/C27H23NO2/c1-29-26-18-9-8-17-25(26)28-19-23-15-10-16-24(22-13-6-3-7-14-22)27(23)30-20-21-11-4-2-5-12-21/h2-19H,20H2,1H3/b28-19-. The maximum absolute atomic E-state index is 6.33. The summed E-state index contributed by atoms with van der Waals surface area (Å²) >= 11 is 0. The second-order valence-corrected chi connectivity index (χ2v) is 6.79. The third kappa shape index (κ3) is 4.58. The molecule has 0 unspecified atom stereocenters. The smallest absolute Gasteiger partial charge is 0.144 e. The molecule has 0 fully saturated rings. The van der Waals surface area contributed by atoms with E-state index in [4.69, 9.17) is 9.47 Å². The lowest BCUT2D eigenvalue weighted by molar-refractivity contribution is 0.307. The van der Waals surface area contributed by atoms with Crippen LogP contribution in [0.4, 0.5) is 5.69 Å². The van der Waals surface area contributed by atoms with E-state index in [9.17, 15) is 0 Å². The van der Waals surface area contributed by atoms with Gasteiger partial charge in [-0.3, -0.25) is 4.99 Å². The van der Waals surface area contributed by atoms with E-state index in [2.05, 4.69) is 35.3 Å². The Hall–Kier alpha value is -3.85. The first-order chi connectivity index (χ1) is 14.8. The number of hydrogen-bond donors (Lipinski definition) is 0. The Morgan fingerprint density at radius 2 is 1.43 bits per heavy atom. The van der Waals surface area contributed by atoms with Crippen LogP contribution in [0.2, 0.25) is 0 Å². The molecule has 0 saturated heterocycles. The number of methoxy groups -OCH3 is 1. The highest BCUT2D eigenvalue weighted by atomic mass is 16.5. The van der Waals surface area contributed by atoms with Gasteiger partial charge in [-0.05, 0) is 29.3 Å². The van der Waals surface area contributed by atoms with E-state index in [0.29, 0.717) is 6.61 Å². The second kappa shape index (κ2) is 9.57. The molecule has 0 aliphatic rings. The van der Waals surface area contributed by atoms with E-state index in [-0.39, 0.29) is 0 Å². The zero-order valence-corrected chi connectivity index (χ0v) is 16.9. The minimum Gasteiger partial charge on any atom is -0.494 e. The Morgan fingerprint density at radius 1 is 0.733 bits per heavy atom. The molecule has 3 heteroatoms. The first-order valence-electron chi connectivity index (χ1n) is 9.87. The molecule has 0 aromatic heterocycles. The van der Waals surface area contributed by atoms with Crippen molar-refractivity contribution in [3.05, 3.63) is 114 Å². The molecule has 148 valence electrons. The largest absolute Gasteiger partial charge is 0.494 e. The quantitative estimate of drug-likeness (QED) is 0.327. The Kier molecular flexibility index (Phi) is 6.21. The van der Waals surface area contributed by atoms with Gasteiger partial charge in [0.1, 0.15) is 23.8 Å². The number of benzene rings is 4. The van der Waals surface area contributed by atoms with Crippen LogP contribution in [-0.2, 0) is 6.61 Å². The molecule has 4 aromatic carbocycles. The van der Waals surface area contributed by atoms with E-state index in [1.807, 2.05) is 79.0 Å². The van der Waals surface area contributed by atoms with Crippen molar-refractivity contribution in [2.24, 2.45) is 4.99 Å². The summed E-state index contributed by atoms with van der Waals surface area (Å²) in [6.45, 7) is 0.486. The molecule has 0 aliphatic carbocycles. The van der Waals surface area contributed by atoms with E-state index in [1.165, 1.54) is 0 Å². The Balaban J connectivity index is 1.72. The van der Waals surface area contributed by atoms with Crippen LogP contribution in [0.15, 0.2) is 108 Å². The minimum atomic E-state index is 0.486. The van der Waals surface area contributed by atoms with Gasteiger partial charge >= 0.3 is 0 Å². The molecular weight excluding hydrogens is 370 g/mol. The highest BCUT2D eigenvalue weighted by Gasteiger charge is 2.11. The lowest BCUT2D eigenvalue weighted by Gasteiger charge is -2.15. The number of hydrogen-bond acceptors (Lipinski definition) is 3. The molecule has 0 bridgehead atoms. The molecule has 0 atom stereocenters. The third-order valence-electron chi connectivity index (χ3n) is 4.78. The minimum absolute atomic E-state index is 0.486. The topological polar surface area (TPSA) is 30.8 Å². The van der Waals surface area contributed by atoms with Crippen LogP contribution in [0.1, 0.15) is 11.1 Å². The van der Waals surface area contributed by atoms with Gasteiger partial charge in [-0.15, -0.1) is 0 Å². The van der Waals surface area contributed by atoms with Crippen LogP contribution in [0.25, 0.3) is 11.1 Å². The van der Waals surface area contributed by atoms with Crippen LogP contribution in [0.3, 0.4) is 0 Å². The van der Waals surface area contributed by atoms with Crippen LogP contribution in [-0.4, -0.2) is 13.3 Å². The highest BCUT2D eigenvalue weighted by Crippen LogP contribution is 2.34. The summed E-state index contributed by atoms with van der Waals surface area (Å²) in [6.07, 6.45) is 1.84. The molecule has 0 heterocycles.